The lowest BCUT2D eigenvalue weighted by Crippen LogP contribution is -2.57. The maximum Gasteiger partial charge on any atom is 0.231 e. The van der Waals surface area contributed by atoms with Gasteiger partial charge in [-0.25, -0.2) is 0 Å². The summed E-state index contributed by atoms with van der Waals surface area (Å²) in [4.78, 5) is 2.51. The Hall–Kier alpha value is -1.26. The number of benzene rings is 1. The molecule has 0 radical (unpaired) electrons. The lowest BCUT2D eigenvalue weighted by molar-refractivity contribution is 0.0827. The normalized spacial score (nSPS) is 22.1. The number of piperazine rings is 1. The molecule has 3 rings (SSSR count). The smallest absolute Gasteiger partial charge is 0.231 e. The van der Waals surface area contributed by atoms with E-state index in [0.29, 0.717) is 6.79 Å². The molecule has 1 N–H and O–H groups in total. The third-order valence-electron chi connectivity index (χ3n) is 3.78. The second-order valence-corrected chi connectivity index (χ2v) is 5.60. The minimum atomic E-state index is 0.203. The van der Waals surface area contributed by atoms with Crippen LogP contribution >= 0.6 is 0 Å². The summed E-state index contributed by atoms with van der Waals surface area (Å²) in [5.41, 5.74) is 1.49. The number of hydrogen-bond donors (Lipinski definition) is 1. The van der Waals surface area contributed by atoms with Gasteiger partial charge in [0.15, 0.2) is 11.5 Å². The van der Waals surface area contributed by atoms with Gasteiger partial charge in [0.1, 0.15) is 0 Å². The van der Waals surface area contributed by atoms with Crippen LogP contribution in [0.3, 0.4) is 0 Å². The Balaban J connectivity index is 1.76. The van der Waals surface area contributed by atoms with Crippen molar-refractivity contribution in [3.63, 3.8) is 0 Å². The van der Waals surface area contributed by atoms with E-state index in [1.54, 1.807) is 0 Å². The number of rotatable bonds is 2. The molecule has 4 heteroatoms. The molecule has 0 bridgehead atoms. The Labute approximate surface area is 108 Å². The minimum absolute atomic E-state index is 0.203. The van der Waals surface area contributed by atoms with E-state index in [1.165, 1.54) is 5.56 Å². The fourth-order valence-corrected chi connectivity index (χ4v) is 2.58. The summed E-state index contributed by atoms with van der Waals surface area (Å²) in [7, 11) is 0. The largest absolute Gasteiger partial charge is 0.454 e. The molecule has 2 aliphatic heterocycles. The van der Waals surface area contributed by atoms with Gasteiger partial charge in [0, 0.05) is 31.7 Å². The first-order valence-electron chi connectivity index (χ1n) is 6.49. The van der Waals surface area contributed by atoms with E-state index in [2.05, 4.69) is 36.2 Å². The van der Waals surface area contributed by atoms with Crippen LogP contribution in [0.1, 0.15) is 19.4 Å². The highest BCUT2D eigenvalue weighted by Crippen LogP contribution is 2.33. The van der Waals surface area contributed by atoms with Gasteiger partial charge in [-0.2, -0.15) is 0 Å². The van der Waals surface area contributed by atoms with Crippen molar-refractivity contribution in [2.45, 2.75) is 25.9 Å². The Morgan fingerprint density at radius 1 is 1.28 bits per heavy atom. The van der Waals surface area contributed by atoms with Crippen molar-refractivity contribution in [2.75, 3.05) is 26.4 Å². The van der Waals surface area contributed by atoms with Crippen LogP contribution < -0.4 is 14.8 Å². The van der Waals surface area contributed by atoms with Crippen LogP contribution in [0.5, 0.6) is 11.5 Å². The van der Waals surface area contributed by atoms with Gasteiger partial charge in [-0.3, -0.25) is 4.90 Å². The molecule has 2 heterocycles. The van der Waals surface area contributed by atoms with Crippen LogP contribution in [-0.4, -0.2) is 36.9 Å². The average Bonchev–Trinajstić information content (AvgIpc) is 2.79. The Kier molecular flexibility index (Phi) is 2.92. The number of fused-ring (bicyclic) bond motifs is 1. The molecule has 0 unspecified atom stereocenters. The van der Waals surface area contributed by atoms with Crippen LogP contribution in [0.15, 0.2) is 18.2 Å². The average molecular weight is 248 g/mol. The lowest BCUT2D eigenvalue weighted by atomic mass is 9.99. The maximum absolute atomic E-state index is 5.43. The second kappa shape index (κ2) is 4.44. The molecule has 1 fully saturated rings. The molecule has 1 aromatic carbocycles. The first kappa shape index (κ1) is 11.8. The molecule has 2 aliphatic rings. The van der Waals surface area contributed by atoms with Crippen LogP contribution in [-0.2, 0) is 6.54 Å². The van der Waals surface area contributed by atoms with Crippen molar-refractivity contribution in [1.82, 2.24) is 10.2 Å². The van der Waals surface area contributed by atoms with Gasteiger partial charge in [0.05, 0.1) is 0 Å². The van der Waals surface area contributed by atoms with E-state index >= 15 is 0 Å². The summed E-state index contributed by atoms with van der Waals surface area (Å²) >= 11 is 0. The molecular weight excluding hydrogens is 228 g/mol. The van der Waals surface area contributed by atoms with Crippen LogP contribution in [0, 0.1) is 0 Å². The van der Waals surface area contributed by atoms with E-state index in [0.717, 1.165) is 37.7 Å². The predicted octanol–water partition coefficient (Wildman–Crippen LogP) is 1.60. The quantitative estimate of drug-likeness (QED) is 0.862. The molecule has 98 valence electrons. The third-order valence-corrected chi connectivity index (χ3v) is 3.78. The van der Waals surface area contributed by atoms with Gasteiger partial charge >= 0.3 is 0 Å². The van der Waals surface area contributed by atoms with Crippen molar-refractivity contribution in [3.05, 3.63) is 23.8 Å². The molecule has 0 atom stereocenters. The predicted molar refractivity (Wildman–Crippen MR) is 69.9 cm³/mol. The zero-order chi connectivity index (χ0) is 12.6. The zero-order valence-corrected chi connectivity index (χ0v) is 11.0. The van der Waals surface area contributed by atoms with Crippen molar-refractivity contribution in [2.24, 2.45) is 0 Å². The highest BCUT2D eigenvalue weighted by atomic mass is 16.7. The van der Waals surface area contributed by atoms with Gasteiger partial charge in [-0.15, -0.1) is 0 Å². The van der Waals surface area contributed by atoms with Crippen LogP contribution in [0.25, 0.3) is 0 Å². The third kappa shape index (κ3) is 2.18. The second-order valence-electron chi connectivity index (χ2n) is 5.60. The Morgan fingerprint density at radius 3 is 2.94 bits per heavy atom. The molecule has 4 nitrogen and oxygen atoms in total. The molecule has 0 saturated carbocycles. The Bertz CT molecular complexity index is 445. The van der Waals surface area contributed by atoms with E-state index < -0.39 is 0 Å². The molecule has 0 spiro atoms. The van der Waals surface area contributed by atoms with Crippen LogP contribution in [0.4, 0.5) is 0 Å². The maximum atomic E-state index is 5.43. The Morgan fingerprint density at radius 2 is 2.11 bits per heavy atom. The SMILES string of the molecule is CC1(C)CNCCN1Cc1ccc2c(c1)OCO2. The van der Waals surface area contributed by atoms with Gasteiger partial charge in [-0.05, 0) is 31.5 Å². The van der Waals surface area contributed by atoms with E-state index in [-0.39, 0.29) is 5.54 Å². The summed E-state index contributed by atoms with van der Waals surface area (Å²) in [5.74, 6) is 1.73. The molecule has 0 aliphatic carbocycles. The first-order valence-corrected chi connectivity index (χ1v) is 6.49. The van der Waals surface area contributed by atoms with Crippen molar-refractivity contribution in [1.29, 1.82) is 0 Å². The van der Waals surface area contributed by atoms with E-state index in [4.69, 9.17) is 9.47 Å². The summed E-state index contributed by atoms with van der Waals surface area (Å²) in [6, 6.07) is 6.24. The molecule has 0 aromatic heterocycles. The summed E-state index contributed by atoms with van der Waals surface area (Å²) in [6.07, 6.45) is 0. The highest BCUT2D eigenvalue weighted by molar-refractivity contribution is 5.44. The van der Waals surface area contributed by atoms with Crippen molar-refractivity contribution < 1.29 is 9.47 Å². The zero-order valence-electron chi connectivity index (χ0n) is 11.0. The number of nitrogens with zero attached hydrogens (tertiary/aromatic N) is 1. The molecule has 18 heavy (non-hydrogen) atoms. The van der Waals surface area contributed by atoms with Crippen molar-refractivity contribution >= 4 is 0 Å². The molecular formula is C14H20N2O2. The fourth-order valence-electron chi connectivity index (χ4n) is 2.58. The van der Waals surface area contributed by atoms with Crippen LogP contribution in [0.2, 0.25) is 0 Å². The van der Waals surface area contributed by atoms with E-state index in [9.17, 15) is 0 Å². The van der Waals surface area contributed by atoms with Gasteiger partial charge in [0.2, 0.25) is 6.79 Å². The van der Waals surface area contributed by atoms with Crippen molar-refractivity contribution in [3.8, 4) is 11.5 Å². The molecule has 1 saturated heterocycles. The molecule has 1 aromatic rings. The summed E-state index contributed by atoms with van der Waals surface area (Å²) < 4.78 is 10.8. The lowest BCUT2D eigenvalue weighted by Gasteiger charge is -2.42. The standard InChI is InChI=1S/C14H20N2O2/c1-14(2)9-15-5-6-16(14)8-11-3-4-12-13(7-11)18-10-17-12/h3-4,7,15H,5-6,8-10H2,1-2H3. The molecule has 0 amide bonds. The summed E-state index contributed by atoms with van der Waals surface area (Å²) in [6.45, 7) is 9.06. The first-order chi connectivity index (χ1) is 8.65. The fraction of sp³-hybridized carbons (Fsp3) is 0.571. The number of ether oxygens (including phenoxy) is 2. The van der Waals surface area contributed by atoms with Gasteiger partial charge in [-0.1, -0.05) is 6.07 Å². The minimum Gasteiger partial charge on any atom is -0.454 e. The summed E-state index contributed by atoms with van der Waals surface area (Å²) in [5, 5.41) is 3.45. The monoisotopic (exact) mass is 248 g/mol. The number of nitrogens with one attached hydrogen (secondary N) is 1. The van der Waals surface area contributed by atoms with E-state index in [1.807, 2.05) is 6.07 Å². The topological polar surface area (TPSA) is 33.7 Å². The van der Waals surface area contributed by atoms with Gasteiger partial charge < -0.3 is 14.8 Å². The highest BCUT2D eigenvalue weighted by Gasteiger charge is 2.29. The number of hydrogen-bond acceptors (Lipinski definition) is 4. The van der Waals surface area contributed by atoms with Gasteiger partial charge in [0.25, 0.3) is 0 Å².